The Balaban J connectivity index is 2.36. The summed E-state index contributed by atoms with van der Waals surface area (Å²) in [6.45, 7) is 3.75. The fraction of sp³-hybridized carbons (Fsp3) is 0.667. The largest absolute Gasteiger partial charge is 0.457 e. The summed E-state index contributed by atoms with van der Waals surface area (Å²) < 4.78 is 59.4. The zero-order valence-electron chi connectivity index (χ0n) is 47.0. The summed E-state index contributed by atoms with van der Waals surface area (Å²) in [5.41, 5.74) is 0. The molecule has 0 aromatic carbocycles. The van der Waals surface area contributed by atoms with E-state index in [-0.39, 0.29) is 19.6 Å². The second-order valence-electron chi connectivity index (χ2n) is 19.5. The van der Waals surface area contributed by atoms with E-state index in [9.17, 15) is 33.1 Å². The normalized spacial score (nSPS) is 19.5. The van der Waals surface area contributed by atoms with Crippen LogP contribution in [0, 0.1) is 0 Å². The third-order valence-electron chi connectivity index (χ3n) is 12.6. The molecule has 13 heteroatoms. The Labute approximate surface area is 461 Å². The fourth-order valence-corrected chi connectivity index (χ4v) is 8.70. The van der Waals surface area contributed by atoms with Gasteiger partial charge in [0.15, 0.2) is 6.29 Å². The molecule has 1 aliphatic heterocycles. The third-order valence-corrected chi connectivity index (χ3v) is 13.0. The Morgan fingerprint density at radius 1 is 0.513 bits per heavy atom. The lowest BCUT2D eigenvalue weighted by molar-refractivity contribution is -0.301. The van der Waals surface area contributed by atoms with Gasteiger partial charge >= 0.3 is 16.4 Å². The van der Waals surface area contributed by atoms with Crippen molar-refractivity contribution in [1.82, 2.24) is 0 Å². The number of allylic oxidation sites excluding steroid dienone is 20. The predicted octanol–water partition coefficient (Wildman–Crippen LogP) is 14.9. The summed E-state index contributed by atoms with van der Waals surface area (Å²) >= 11 is 0. The highest BCUT2D eigenvalue weighted by molar-refractivity contribution is 7.80. The summed E-state index contributed by atoms with van der Waals surface area (Å²) in [6.07, 6.45) is 66.6. The lowest BCUT2D eigenvalue weighted by atomic mass is 9.99. The van der Waals surface area contributed by atoms with Gasteiger partial charge in [-0.2, -0.15) is 8.42 Å². The topological polar surface area (TPSA) is 178 Å². The van der Waals surface area contributed by atoms with Crippen molar-refractivity contribution >= 4 is 16.4 Å². The van der Waals surface area contributed by atoms with Crippen molar-refractivity contribution < 1.29 is 56.2 Å². The Morgan fingerprint density at radius 2 is 0.908 bits per heavy atom. The molecule has 0 saturated carbocycles. The van der Waals surface area contributed by atoms with E-state index in [2.05, 4.69) is 140 Å². The van der Waals surface area contributed by atoms with Crippen LogP contribution in [0.5, 0.6) is 0 Å². The van der Waals surface area contributed by atoms with Gasteiger partial charge in [-0.25, -0.2) is 4.18 Å². The number of carbonyl (C=O) groups is 1. The molecule has 4 N–H and O–H groups in total. The maximum Gasteiger partial charge on any atom is 0.397 e. The first kappa shape index (κ1) is 70.5. The van der Waals surface area contributed by atoms with Crippen LogP contribution in [0.1, 0.15) is 206 Å². The lowest BCUT2D eigenvalue weighted by Gasteiger charge is -2.41. The highest BCUT2D eigenvalue weighted by Gasteiger charge is 2.48. The van der Waals surface area contributed by atoms with Crippen LogP contribution < -0.4 is 0 Å². The molecular weight excluding hydrogens is 981 g/mol. The number of carbonyl (C=O) groups excluding carboxylic acids is 1. The van der Waals surface area contributed by atoms with Gasteiger partial charge in [-0.15, -0.1) is 0 Å². The molecule has 6 atom stereocenters. The standard InChI is InChI=1S/C63H104O12S/c1-3-5-7-9-11-13-15-17-19-21-23-25-27-29-30-32-34-36-38-40-42-44-46-48-50-52-59(65)73-57(56-72-63-61(67)62(75-76(68,69)70)60(66)58(54-64)74-63)55-71-53-51-49-47-45-43-41-39-37-35-33-31-28-26-24-22-20-18-16-14-12-10-8-6-4-2/h6,8,12,14-15,17-18,20-21,23-24,26-27,29,31,33,37,39,43,45,57-58,60-64,66-67H,3-5,7,9-11,13,16,19,22,25,28,30,32,34-36,38,40-42,44,46-56H2,1-2H3,(H,68,69,70)/b8-6-,14-12-,17-15-,20-18-,23-21-,26-24-,29-27-,33-31-,39-37-,45-43-. The fourth-order valence-electron chi connectivity index (χ4n) is 8.19. The van der Waals surface area contributed by atoms with Gasteiger partial charge in [-0.3, -0.25) is 9.35 Å². The second-order valence-corrected chi connectivity index (χ2v) is 20.5. The molecule has 434 valence electrons. The van der Waals surface area contributed by atoms with Gasteiger partial charge in [0.2, 0.25) is 0 Å². The van der Waals surface area contributed by atoms with Crippen LogP contribution in [-0.4, -0.2) is 97.5 Å². The molecule has 0 amide bonds. The number of unbranched alkanes of at least 4 members (excludes halogenated alkanes) is 17. The molecule has 76 heavy (non-hydrogen) atoms. The molecule has 1 aliphatic rings. The first-order valence-corrected chi connectivity index (χ1v) is 30.7. The minimum atomic E-state index is -5.08. The molecule has 1 heterocycles. The quantitative estimate of drug-likeness (QED) is 0.0196. The molecule has 6 unspecified atom stereocenters. The summed E-state index contributed by atoms with van der Waals surface area (Å²) in [6, 6.07) is 0. The van der Waals surface area contributed by atoms with Gasteiger partial charge < -0.3 is 34.3 Å². The van der Waals surface area contributed by atoms with Gasteiger partial charge in [-0.1, -0.05) is 212 Å². The van der Waals surface area contributed by atoms with Crippen LogP contribution >= 0.6 is 0 Å². The van der Waals surface area contributed by atoms with Gasteiger partial charge in [-0.05, 0) is 109 Å². The molecule has 1 saturated heterocycles. The van der Waals surface area contributed by atoms with E-state index >= 15 is 0 Å². The lowest BCUT2D eigenvalue weighted by Crippen LogP contribution is -2.60. The van der Waals surface area contributed by atoms with Crippen LogP contribution in [0.4, 0.5) is 0 Å². The zero-order valence-corrected chi connectivity index (χ0v) is 47.8. The van der Waals surface area contributed by atoms with Gasteiger partial charge in [0.05, 0.1) is 19.8 Å². The minimum absolute atomic E-state index is 0.00394. The molecule has 0 aliphatic carbocycles. The number of ether oxygens (including phenoxy) is 4. The summed E-state index contributed by atoms with van der Waals surface area (Å²) in [4.78, 5) is 13.0. The van der Waals surface area contributed by atoms with E-state index < -0.39 is 59.8 Å². The van der Waals surface area contributed by atoms with E-state index in [0.29, 0.717) is 13.0 Å². The number of aliphatic hydroxyl groups is 3. The Kier molecular flexibility index (Phi) is 48.4. The van der Waals surface area contributed by atoms with Crippen molar-refractivity contribution in [1.29, 1.82) is 0 Å². The molecule has 0 spiro atoms. The van der Waals surface area contributed by atoms with Crippen LogP contribution in [0.15, 0.2) is 122 Å². The summed E-state index contributed by atoms with van der Waals surface area (Å²) in [5.74, 6) is -0.423. The monoisotopic (exact) mass is 1080 g/mol. The first-order chi connectivity index (χ1) is 37.1. The second kappa shape index (κ2) is 52.2. The molecule has 1 rings (SSSR count). The zero-order chi connectivity index (χ0) is 55.3. The van der Waals surface area contributed by atoms with Gasteiger partial charge in [0.1, 0.15) is 30.5 Å². The van der Waals surface area contributed by atoms with Crippen LogP contribution in [0.2, 0.25) is 0 Å². The molecular formula is C63H104O12S. The van der Waals surface area contributed by atoms with Crippen LogP contribution in [0.25, 0.3) is 0 Å². The Bertz CT molecular complexity index is 1780. The third kappa shape index (κ3) is 44.5. The number of aliphatic hydroxyl groups excluding tert-OH is 3. The van der Waals surface area contributed by atoms with Crippen LogP contribution in [0.3, 0.4) is 0 Å². The molecule has 0 aromatic rings. The van der Waals surface area contributed by atoms with Crippen molar-refractivity contribution in [2.24, 2.45) is 0 Å². The number of rotatable bonds is 50. The van der Waals surface area contributed by atoms with E-state index in [1.165, 1.54) is 77.0 Å². The average Bonchev–Trinajstić information content (AvgIpc) is 3.40. The van der Waals surface area contributed by atoms with Gasteiger partial charge in [0.25, 0.3) is 0 Å². The number of esters is 1. The van der Waals surface area contributed by atoms with Crippen molar-refractivity contribution in [2.75, 3.05) is 26.4 Å². The molecule has 12 nitrogen and oxygen atoms in total. The van der Waals surface area contributed by atoms with Gasteiger partial charge in [0, 0.05) is 13.0 Å². The highest BCUT2D eigenvalue weighted by atomic mass is 32.3. The number of hydrogen-bond acceptors (Lipinski definition) is 11. The maximum atomic E-state index is 13.0. The minimum Gasteiger partial charge on any atom is -0.457 e. The maximum absolute atomic E-state index is 13.0. The molecule has 1 fully saturated rings. The molecule has 0 aromatic heterocycles. The van der Waals surface area contributed by atoms with Crippen molar-refractivity contribution in [2.45, 2.75) is 243 Å². The van der Waals surface area contributed by atoms with E-state index in [4.69, 9.17) is 18.9 Å². The van der Waals surface area contributed by atoms with Crippen molar-refractivity contribution in [3.63, 3.8) is 0 Å². The summed E-state index contributed by atoms with van der Waals surface area (Å²) in [7, 11) is -5.08. The predicted molar refractivity (Wildman–Crippen MR) is 312 cm³/mol. The first-order valence-electron chi connectivity index (χ1n) is 29.3. The summed E-state index contributed by atoms with van der Waals surface area (Å²) in [5, 5.41) is 30.9. The Morgan fingerprint density at radius 3 is 1.33 bits per heavy atom. The Hall–Kier alpha value is -3.50. The van der Waals surface area contributed by atoms with Crippen molar-refractivity contribution in [3.8, 4) is 0 Å². The van der Waals surface area contributed by atoms with Crippen LogP contribution in [-0.2, 0) is 38.3 Å². The smallest absolute Gasteiger partial charge is 0.397 e. The highest BCUT2D eigenvalue weighted by Crippen LogP contribution is 2.26. The van der Waals surface area contributed by atoms with E-state index in [1.54, 1.807) is 0 Å². The average molecular weight is 1090 g/mol. The van der Waals surface area contributed by atoms with Crippen molar-refractivity contribution in [3.05, 3.63) is 122 Å². The van der Waals surface area contributed by atoms with E-state index in [0.717, 1.165) is 103 Å². The SMILES string of the molecule is CC/C=C\C/C=C\C/C=C\C/C=C\C/C=C\C/C=C\C/C=C\CCCCOCC(COC1OC(CO)C(O)C(OS(=O)(=O)O)C1O)OC(=O)CCCCCCCCCCCC/C=C\C/C=C\C/C=C\CCCCCCC. The molecule has 0 radical (unpaired) electrons. The number of hydrogen-bond donors (Lipinski definition) is 4. The van der Waals surface area contributed by atoms with E-state index in [1.807, 2.05) is 0 Å². The molecule has 0 bridgehead atoms.